The zero-order valence-electron chi connectivity index (χ0n) is 17.1. The Kier molecular flexibility index (Phi) is 7.90. The molecule has 7 heteroatoms. The molecule has 0 unspecified atom stereocenters. The van der Waals surface area contributed by atoms with E-state index in [4.69, 9.17) is 0 Å². The number of para-hydroxylation sites is 1. The topological polar surface area (TPSA) is 78.5 Å². The molecule has 0 saturated heterocycles. The summed E-state index contributed by atoms with van der Waals surface area (Å²) in [5, 5.41) is 5.71. The van der Waals surface area contributed by atoms with E-state index in [-0.39, 0.29) is 30.6 Å². The maximum atomic E-state index is 12.6. The number of fused-ring (bicyclic) bond motifs is 1. The highest BCUT2D eigenvalue weighted by Crippen LogP contribution is 2.34. The number of anilines is 2. The Morgan fingerprint density at radius 3 is 2.67 bits per heavy atom. The van der Waals surface area contributed by atoms with E-state index in [0.717, 1.165) is 34.0 Å². The van der Waals surface area contributed by atoms with Crippen molar-refractivity contribution >= 4 is 40.9 Å². The molecule has 0 atom stereocenters. The number of carbonyl (C=O) groups excluding carboxylic acids is 3. The first kappa shape index (κ1) is 21.9. The average molecular weight is 426 g/mol. The summed E-state index contributed by atoms with van der Waals surface area (Å²) in [5.74, 6) is 0.650. The molecule has 0 fully saturated rings. The first-order valence-electron chi connectivity index (χ1n) is 10.2. The summed E-state index contributed by atoms with van der Waals surface area (Å²) >= 11 is 1.75. The fourth-order valence-electron chi connectivity index (χ4n) is 3.28. The molecule has 0 aromatic heterocycles. The Morgan fingerprint density at radius 2 is 1.83 bits per heavy atom. The normalized spacial score (nSPS) is 12.8. The van der Waals surface area contributed by atoms with Crippen LogP contribution in [0.3, 0.4) is 0 Å². The van der Waals surface area contributed by atoms with E-state index >= 15 is 0 Å². The number of benzene rings is 2. The third-order valence-corrected chi connectivity index (χ3v) is 5.82. The van der Waals surface area contributed by atoms with Crippen LogP contribution in [0.15, 0.2) is 53.4 Å². The van der Waals surface area contributed by atoms with Crippen LogP contribution < -0.4 is 15.5 Å². The number of nitrogens with one attached hydrogen (secondary N) is 2. The highest BCUT2D eigenvalue weighted by atomic mass is 32.2. The second kappa shape index (κ2) is 10.8. The molecule has 1 aliphatic rings. The van der Waals surface area contributed by atoms with E-state index in [1.54, 1.807) is 16.7 Å². The third kappa shape index (κ3) is 6.10. The second-order valence-electron chi connectivity index (χ2n) is 7.14. The lowest BCUT2D eigenvalue weighted by Crippen LogP contribution is -2.36. The maximum absolute atomic E-state index is 12.6. The molecule has 6 nitrogen and oxygen atoms in total. The Morgan fingerprint density at radius 1 is 1.00 bits per heavy atom. The van der Waals surface area contributed by atoms with Crippen molar-refractivity contribution in [2.75, 3.05) is 22.5 Å². The van der Waals surface area contributed by atoms with Crippen molar-refractivity contribution in [3.63, 3.8) is 0 Å². The van der Waals surface area contributed by atoms with Crippen LogP contribution in [-0.4, -0.2) is 30.0 Å². The zero-order chi connectivity index (χ0) is 21.3. The predicted octanol–water partition coefficient (Wildman–Crippen LogP) is 3.96. The highest BCUT2D eigenvalue weighted by molar-refractivity contribution is 7.99. The van der Waals surface area contributed by atoms with Gasteiger partial charge >= 0.3 is 0 Å². The van der Waals surface area contributed by atoms with Gasteiger partial charge < -0.3 is 15.5 Å². The summed E-state index contributed by atoms with van der Waals surface area (Å²) in [5.41, 5.74) is 2.55. The minimum Gasteiger partial charge on any atom is -0.352 e. The van der Waals surface area contributed by atoms with Crippen LogP contribution in [0.1, 0.15) is 38.2 Å². The van der Waals surface area contributed by atoms with Crippen molar-refractivity contribution in [3.8, 4) is 0 Å². The van der Waals surface area contributed by atoms with Crippen molar-refractivity contribution in [2.24, 2.45) is 0 Å². The minimum absolute atomic E-state index is 0.0186. The van der Waals surface area contributed by atoms with Gasteiger partial charge in [0.15, 0.2) is 0 Å². The summed E-state index contributed by atoms with van der Waals surface area (Å²) < 4.78 is 0. The highest BCUT2D eigenvalue weighted by Gasteiger charge is 2.22. The van der Waals surface area contributed by atoms with Gasteiger partial charge in [-0.15, -0.1) is 11.8 Å². The lowest BCUT2D eigenvalue weighted by Gasteiger charge is -2.29. The molecule has 2 N–H and O–H groups in total. The van der Waals surface area contributed by atoms with Gasteiger partial charge in [-0.1, -0.05) is 31.2 Å². The van der Waals surface area contributed by atoms with Crippen LogP contribution in [0, 0.1) is 0 Å². The van der Waals surface area contributed by atoms with Gasteiger partial charge in [-0.3, -0.25) is 14.4 Å². The van der Waals surface area contributed by atoms with Gasteiger partial charge in [-0.25, -0.2) is 0 Å². The Labute approximate surface area is 181 Å². The van der Waals surface area contributed by atoms with Crippen LogP contribution in [0.4, 0.5) is 11.4 Å². The van der Waals surface area contributed by atoms with E-state index in [1.165, 1.54) is 0 Å². The molecule has 0 bridgehead atoms. The number of amides is 3. The quantitative estimate of drug-likeness (QED) is 0.671. The summed E-state index contributed by atoms with van der Waals surface area (Å²) in [6.45, 7) is 2.98. The van der Waals surface area contributed by atoms with Gasteiger partial charge in [0.25, 0.3) is 0 Å². The molecule has 3 amide bonds. The molecule has 30 heavy (non-hydrogen) atoms. The molecule has 158 valence electrons. The molecule has 0 spiro atoms. The number of hydrogen-bond acceptors (Lipinski definition) is 4. The first-order chi connectivity index (χ1) is 14.6. The minimum atomic E-state index is -0.163. The molecule has 0 aliphatic carbocycles. The number of nitrogens with zero attached hydrogens (tertiary/aromatic N) is 1. The Hall–Kier alpha value is -2.80. The van der Waals surface area contributed by atoms with Crippen molar-refractivity contribution in [1.82, 2.24) is 5.32 Å². The van der Waals surface area contributed by atoms with Gasteiger partial charge in [0.2, 0.25) is 17.7 Å². The molecule has 1 heterocycles. The van der Waals surface area contributed by atoms with Crippen LogP contribution in [0.2, 0.25) is 0 Å². The summed E-state index contributed by atoms with van der Waals surface area (Å²) in [7, 11) is 0. The molecule has 0 saturated carbocycles. The van der Waals surface area contributed by atoms with Gasteiger partial charge in [-0.2, -0.15) is 0 Å². The molecular weight excluding hydrogens is 398 g/mol. The van der Waals surface area contributed by atoms with Crippen molar-refractivity contribution in [3.05, 3.63) is 54.1 Å². The van der Waals surface area contributed by atoms with Gasteiger partial charge in [0, 0.05) is 48.7 Å². The summed E-state index contributed by atoms with van der Waals surface area (Å²) in [6.07, 6.45) is 1.60. The Bertz CT molecular complexity index is 916. The number of rotatable bonds is 8. The van der Waals surface area contributed by atoms with Crippen LogP contribution in [0.5, 0.6) is 0 Å². The van der Waals surface area contributed by atoms with Crippen LogP contribution >= 0.6 is 11.8 Å². The van der Waals surface area contributed by atoms with E-state index in [0.29, 0.717) is 19.5 Å². The lowest BCUT2D eigenvalue weighted by atomic mass is 10.2. The SMILES string of the molecule is CCCC(=O)Nc1cccc(CNC(=O)CCC(=O)N2CCSc3ccccc32)c1. The molecule has 2 aromatic carbocycles. The van der Waals surface area contributed by atoms with Gasteiger partial charge in [0.1, 0.15) is 0 Å². The fourth-order valence-corrected chi connectivity index (χ4v) is 4.28. The number of carbonyl (C=O) groups is 3. The standard InChI is InChI=1S/C23H27N3O3S/c1-2-6-22(28)25-18-8-5-7-17(15-18)16-24-21(27)11-12-23(29)26-13-14-30-20-10-4-3-9-19(20)26/h3-5,7-10,15H,2,6,11-14,16H2,1H3,(H,24,27)(H,25,28). The van der Waals surface area contributed by atoms with E-state index in [2.05, 4.69) is 10.6 Å². The third-order valence-electron chi connectivity index (χ3n) is 4.77. The average Bonchev–Trinajstić information content (AvgIpc) is 2.76. The maximum Gasteiger partial charge on any atom is 0.227 e. The smallest absolute Gasteiger partial charge is 0.227 e. The predicted molar refractivity (Wildman–Crippen MR) is 121 cm³/mol. The Balaban J connectivity index is 1.47. The largest absolute Gasteiger partial charge is 0.352 e. The van der Waals surface area contributed by atoms with Crippen LogP contribution in [-0.2, 0) is 20.9 Å². The van der Waals surface area contributed by atoms with E-state index in [1.807, 2.05) is 55.5 Å². The van der Waals surface area contributed by atoms with E-state index < -0.39 is 0 Å². The van der Waals surface area contributed by atoms with Crippen molar-refractivity contribution in [2.45, 2.75) is 44.0 Å². The first-order valence-corrected chi connectivity index (χ1v) is 11.2. The summed E-state index contributed by atoms with van der Waals surface area (Å²) in [6, 6.07) is 15.3. The van der Waals surface area contributed by atoms with Crippen LogP contribution in [0.25, 0.3) is 0 Å². The number of thioether (sulfide) groups is 1. The number of hydrogen-bond donors (Lipinski definition) is 2. The molecule has 0 radical (unpaired) electrons. The lowest BCUT2D eigenvalue weighted by molar-refractivity contribution is -0.125. The summed E-state index contributed by atoms with van der Waals surface area (Å²) in [4.78, 5) is 39.5. The zero-order valence-corrected chi connectivity index (χ0v) is 18.0. The molecular formula is C23H27N3O3S. The fraction of sp³-hybridized carbons (Fsp3) is 0.348. The molecule has 2 aromatic rings. The van der Waals surface area contributed by atoms with Crippen molar-refractivity contribution < 1.29 is 14.4 Å². The molecule has 1 aliphatic heterocycles. The van der Waals surface area contributed by atoms with E-state index in [9.17, 15) is 14.4 Å². The second-order valence-corrected chi connectivity index (χ2v) is 8.27. The van der Waals surface area contributed by atoms with Gasteiger partial charge in [-0.05, 0) is 36.2 Å². The van der Waals surface area contributed by atoms with Crippen molar-refractivity contribution in [1.29, 1.82) is 0 Å². The monoisotopic (exact) mass is 425 g/mol. The van der Waals surface area contributed by atoms with Gasteiger partial charge in [0.05, 0.1) is 5.69 Å². The molecule has 3 rings (SSSR count).